The largest absolute Gasteiger partial charge is 0.326 e. The summed E-state index contributed by atoms with van der Waals surface area (Å²) in [6.07, 6.45) is 2.38. The van der Waals surface area contributed by atoms with E-state index in [0.29, 0.717) is 0 Å². The lowest BCUT2D eigenvalue weighted by Gasteiger charge is -2.34. The maximum atomic E-state index is 6.33. The SMILES string of the molecule is CC(N)C(c1ccccc1)N1CCCc2ccccc2C1. The van der Waals surface area contributed by atoms with Gasteiger partial charge in [-0.3, -0.25) is 4.90 Å². The van der Waals surface area contributed by atoms with Crippen molar-refractivity contribution in [3.8, 4) is 0 Å². The van der Waals surface area contributed by atoms with Gasteiger partial charge in [0.05, 0.1) is 0 Å². The first kappa shape index (κ1) is 14.3. The van der Waals surface area contributed by atoms with Crippen LogP contribution in [-0.2, 0) is 13.0 Å². The lowest BCUT2D eigenvalue weighted by molar-refractivity contribution is 0.170. The summed E-state index contributed by atoms with van der Waals surface area (Å²) in [5, 5.41) is 0. The molecule has 1 aliphatic rings. The maximum absolute atomic E-state index is 6.33. The van der Waals surface area contributed by atoms with Crippen LogP contribution >= 0.6 is 0 Å². The third kappa shape index (κ3) is 3.17. The van der Waals surface area contributed by atoms with Gasteiger partial charge in [0.15, 0.2) is 0 Å². The van der Waals surface area contributed by atoms with E-state index in [1.807, 2.05) is 0 Å². The zero-order valence-electron chi connectivity index (χ0n) is 12.7. The Balaban J connectivity index is 1.90. The van der Waals surface area contributed by atoms with Crippen LogP contribution in [0.1, 0.15) is 36.1 Å². The predicted octanol–water partition coefficient (Wildman–Crippen LogP) is 3.52. The van der Waals surface area contributed by atoms with Crippen LogP contribution in [-0.4, -0.2) is 17.5 Å². The summed E-state index contributed by atoms with van der Waals surface area (Å²) in [4.78, 5) is 2.55. The molecule has 0 amide bonds. The summed E-state index contributed by atoms with van der Waals surface area (Å²) in [6.45, 7) is 4.22. The second-order valence-corrected chi connectivity index (χ2v) is 6.06. The summed E-state index contributed by atoms with van der Waals surface area (Å²) < 4.78 is 0. The van der Waals surface area contributed by atoms with E-state index in [0.717, 1.165) is 13.1 Å². The molecule has 0 aliphatic carbocycles. The van der Waals surface area contributed by atoms with Gasteiger partial charge < -0.3 is 5.73 Å². The van der Waals surface area contributed by atoms with Gasteiger partial charge >= 0.3 is 0 Å². The number of hydrogen-bond acceptors (Lipinski definition) is 2. The minimum Gasteiger partial charge on any atom is -0.326 e. The molecule has 2 N–H and O–H groups in total. The molecule has 0 spiro atoms. The summed E-state index contributed by atoms with van der Waals surface area (Å²) in [6, 6.07) is 19.9. The van der Waals surface area contributed by atoms with Crippen LogP contribution in [0.25, 0.3) is 0 Å². The molecule has 1 heterocycles. The van der Waals surface area contributed by atoms with Crippen molar-refractivity contribution in [2.24, 2.45) is 5.73 Å². The highest BCUT2D eigenvalue weighted by atomic mass is 15.2. The van der Waals surface area contributed by atoms with Crippen molar-refractivity contribution < 1.29 is 0 Å². The Labute approximate surface area is 127 Å². The van der Waals surface area contributed by atoms with E-state index in [-0.39, 0.29) is 12.1 Å². The highest BCUT2D eigenvalue weighted by molar-refractivity contribution is 5.29. The number of benzene rings is 2. The number of rotatable bonds is 3. The zero-order chi connectivity index (χ0) is 14.7. The summed E-state index contributed by atoms with van der Waals surface area (Å²) >= 11 is 0. The molecule has 0 saturated heterocycles. The molecule has 0 bridgehead atoms. The van der Waals surface area contributed by atoms with E-state index in [1.54, 1.807) is 0 Å². The average Bonchev–Trinajstić information content (AvgIpc) is 2.70. The van der Waals surface area contributed by atoms with Gasteiger partial charge in [-0.2, -0.15) is 0 Å². The Kier molecular flexibility index (Phi) is 4.37. The molecule has 2 unspecified atom stereocenters. The van der Waals surface area contributed by atoms with Crippen LogP contribution in [0.5, 0.6) is 0 Å². The van der Waals surface area contributed by atoms with Crippen LogP contribution in [0.2, 0.25) is 0 Å². The minimum absolute atomic E-state index is 0.123. The fraction of sp³-hybridized carbons (Fsp3) is 0.368. The quantitative estimate of drug-likeness (QED) is 0.932. The molecule has 2 nitrogen and oxygen atoms in total. The molecule has 110 valence electrons. The summed E-state index contributed by atoms with van der Waals surface area (Å²) in [5.41, 5.74) is 10.6. The van der Waals surface area contributed by atoms with Crippen molar-refractivity contribution in [2.45, 2.75) is 38.4 Å². The first-order valence-electron chi connectivity index (χ1n) is 7.87. The molecule has 2 atom stereocenters. The molecule has 2 heteroatoms. The highest BCUT2D eigenvalue weighted by Crippen LogP contribution is 2.29. The lowest BCUT2D eigenvalue weighted by atomic mass is 9.98. The van der Waals surface area contributed by atoms with E-state index in [1.165, 1.54) is 29.5 Å². The standard InChI is InChI=1S/C19H24N2/c1-15(20)19(17-9-3-2-4-10-17)21-13-7-12-16-8-5-6-11-18(16)14-21/h2-6,8-11,15,19H,7,12-14,20H2,1H3. The molecule has 0 saturated carbocycles. The molecular formula is C19H24N2. The van der Waals surface area contributed by atoms with Gasteiger partial charge in [0, 0.05) is 18.6 Å². The summed E-state index contributed by atoms with van der Waals surface area (Å²) in [5.74, 6) is 0. The van der Waals surface area contributed by atoms with Crippen LogP contribution in [0.4, 0.5) is 0 Å². The Morgan fingerprint density at radius 1 is 0.952 bits per heavy atom. The fourth-order valence-electron chi connectivity index (χ4n) is 3.46. The van der Waals surface area contributed by atoms with Gasteiger partial charge in [-0.15, -0.1) is 0 Å². The van der Waals surface area contributed by atoms with Gasteiger partial charge in [-0.05, 0) is 43.0 Å². The second-order valence-electron chi connectivity index (χ2n) is 6.06. The molecule has 2 aromatic rings. The molecule has 0 radical (unpaired) electrons. The van der Waals surface area contributed by atoms with Crippen molar-refractivity contribution in [1.82, 2.24) is 4.90 Å². The molecule has 2 aromatic carbocycles. The van der Waals surface area contributed by atoms with Crippen molar-refractivity contribution in [3.63, 3.8) is 0 Å². The van der Waals surface area contributed by atoms with Crippen LogP contribution in [0.15, 0.2) is 54.6 Å². The van der Waals surface area contributed by atoms with Crippen LogP contribution < -0.4 is 5.73 Å². The van der Waals surface area contributed by atoms with Crippen molar-refractivity contribution in [1.29, 1.82) is 0 Å². The van der Waals surface area contributed by atoms with E-state index in [9.17, 15) is 0 Å². The minimum atomic E-state index is 0.123. The Bertz CT molecular complexity index is 577. The second kappa shape index (κ2) is 6.42. The predicted molar refractivity (Wildman–Crippen MR) is 88.0 cm³/mol. The smallest absolute Gasteiger partial charge is 0.0500 e. The maximum Gasteiger partial charge on any atom is 0.0500 e. The third-order valence-corrected chi connectivity index (χ3v) is 4.42. The van der Waals surface area contributed by atoms with Gasteiger partial charge in [-0.25, -0.2) is 0 Å². The van der Waals surface area contributed by atoms with Gasteiger partial charge in [0.25, 0.3) is 0 Å². The summed E-state index contributed by atoms with van der Waals surface area (Å²) in [7, 11) is 0. The van der Waals surface area contributed by atoms with E-state index >= 15 is 0 Å². The first-order chi connectivity index (χ1) is 10.3. The van der Waals surface area contributed by atoms with Gasteiger partial charge in [0.1, 0.15) is 0 Å². The van der Waals surface area contributed by atoms with Crippen molar-refractivity contribution >= 4 is 0 Å². The fourth-order valence-corrected chi connectivity index (χ4v) is 3.46. The van der Waals surface area contributed by atoms with Crippen molar-refractivity contribution in [3.05, 3.63) is 71.3 Å². The van der Waals surface area contributed by atoms with E-state index in [4.69, 9.17) is 5.73 Å². The molecule has 0 aromatic heterocycles. The Morgan fingerprint density at radius 2 is 1.62 bits per heavy atom. The Hall–Kier alpha value is -1.64. The molecular weight excluding hydrogens is 256 g/mol. The number of aryl methyl sites for hydroxylation is 1. The van der Waals surface area contributed by atoms with Gasteiger partial charge in [-0.1, -0.05) is 54.6 Å². The van der Waals surface area contributed by atoms with Crippen molar-refractivity contribution in [2.75, 3.05) is 6.54 Å². The highest BCUT2D eigenvalue weighted by Gasteiger charge is 2.25. The molecule has 1 aliphatic heterocycles. The monoisotopic (exact) mass is 280 g/mol. The molecule has 21 heavy (non-hydrogen) atoms. The number of nitrogens with two attached hydrogens (primary N) is 1. The first-order valence-corrected chi connectivity index (χ1v) is 7.87. The number of fused-ring (bicyclic) bond motifs is 1. The Morgan fingerprint density at radius 3 is 2.33 bits per heavy atom. The number of nitrogens with zero attached hydrogens (tertiary/aromatic N) is 1. The average molecular weight is 280 g/mol. The third-order valence-electron chi connectivity index (χ3n) is 4.42. The van der Waals surface area contributed by atoms with E-state index < -0.39 is 0 Å². The van der Waals surface area contributed by atoms with Crippen LogP contribution in [0, 0.1) is 0 Å². The molecule has 3 rings (SSSR count). The lowest BCUT2D eigenvalue weighted by Crippen LogP contribution is -2.39. The number of hydrogen-bond donors (Lipinski definition) is 1. The normalized spacial score (nSPS) is 18.6. The zero-order valence-corrected chi connectivity index (χ0v) is 12.7. The van der Waals surface area contributed by atoms with E-state index in [2.05, 4.69) is 66.4 Å². The topological polar surface area (TPSA) is 29.3 Å². The molecule has 0 fully saturated rings. The van der Waals surface area contributed by atoms with Gasteiger partial charge in [0.2, 0.25) is 0 Å². The van der Waals surface area contributed by atoms with Crippen LogP contribution in [0.3, 0.4) is 0 Å².